The average molecular weight is 284 g/mol. The third-order valence-corrected chi connectivity index (χ3v) is 2.33. The number of hydrogen-bond donors (Lipinski definition) is 1. The van der Waals surface area contributed by atoms with Gasteiger partial charge in [0.05, 0.1) is 17.8 Å². The molecule has 102 valence electrons. The van der Waals surface area contributed by atoms with Gasteiger partial charge in [0.15, 0.2) is 5.82 Å². The Hall–Kier alpha value is -1.99. The Balaban J connectivity index is 0.00000180. The molecule has 1 heterocycles. The summed E-state index contributed by atoms with van der Waals surface area (Å²) in [5, 5.41) is 20.4. The van der Waals surface area contributed by atoms with Crippen molar-refractivity contribution in [2.45, 2.75) is 6.54 Å². The molecule has 0 spiro atoms. The molecule has 0 saturated heterocycles. The van der Waals surface area contributed by atoms with E-state index in [-0.39, 0.29) is 18.0 Å². The minimum absolute atomic E-state index is 0. The van der Waals surface area contributed by atoms with Crippen molar-refractivity contribution in [3.63, 3.8) is 0 Å². The second kappa shape index (κ2) is 6.26. The number of halogens is 1. The number of carboxylic acids is 1. The van der Waals surface area contributed by atoms with E-state index in [1.807, 2.05) is 19.0 Å². The Morgan fingerprint density at radius 3 is 2.79 bits per heavy atom. The van der Waals surface area contributed by atoms with E-state index >= 15 is 0 Å². The molecule has 0 amide bonds. The third kappa shape index (κ3) is 3.49. The fourth-order valence-electron chi connectivity index (χ4n) is 1.56. The predicted molar refractivity (Wildman–Crippen MR) is 70.8 cm³/mol. The fraction of sp³-hybridized carbons (Fsp3) is 0.273. The normalized spacial score (nSPS) is 10.3. The van der Waals surface area contributed by atoms with Crippen molar-refractivity contribution in [3.8, 4) is 5.69 Å². The lowest BCUT2D eigenvalue weighted by Crippen LogP contribution is -2.15. The van der Waals surface area contributed by atoms with Crippen LogP contribution in [0, 0.1) is 0 Å². The Morgan fingerprint density at radius 2 is 2.16 bits per heavy atom. The zero-order valence-electron chi connectivity index (χ0n) is 10.5. The molecule has 2 rings (SSSR count). The molecule has 0 aliphatic heterocycles. The number of tetrazole rings is 1. The van der Waals surface area contributed by atoms with Crippen LogP contribution in [0.3, 0.4) is 0 Å². The number of hydrogen-bond acceptors (Lipinski definition) is 5. The summed E-state index contributed by atoms with van der Waals surface area (Å²) < 4.78 is 1.53. The van der Waals surface area contributed by atoms with Crippen LogP contribution in [0.1, 0.15) is 16.2 Å². The van der Waals surface area contributed by atoms with E-state index < -0.39 is 5.97 Å². The lowest BCUT2D eigenvalue weighted by molar-refractivity contribution is 0.0697. The molecular weight excluding hydrogens is 270 g/mol. The molecular formula is C11H14ClN5O2. The number of aromatic carboxylic acids is 1. The van der Waals surface area contributed by atoms with Gasteiger partial charge in [-0.15, -0.1) is 17.5 Å². The molecule has 0 radical (unpaired) electrons. The molecule has 0 aliphatic rings. The van der Waals surface area contributed by atoms with Crippen molar-refractivity contribution in [2.75, 3.05) is 14.1 Å². The second-order valence-corrected chi connectivity index (χ2v) is 4.10. The molecule has 19 heavy (non-hydrogen) atoms. The maximum absolute atomic E-state index is 10.9. The van der Waals surface area contributed by atoms with Crippen LogP contribution < -0.4 is 0 Å². The van der Waals surface area contributed by atoms with Crippen LogP contribution in [0.5, 0.6) is 0 Å². The van der Waals surface area contributed by atoms with Gasteiger partial charge < -0.3 is 10.0 Å². The van der Waals surface area contributed by atoms with E-state index in [1.165, 1.54) is 16.8 Å². The van der Waals surface area contributed by atoms with Crippen molar-refractivity contribution in [1.82, 2.24) is 25.1 Å². The highest BCUT2D eigenvalue weighted by atomic mass is 35.5. The first-order chi connectivity index (χ1) is 8.58. The van der Waals surface area contributed by atoms with Crippen LogP contribution in [0.2, 0.25) is 0 Å². The van der Waals surface area contributed by atoms with Gasteiger partial charge in [-0.25, -0.2) is 4.79 Å². The number of rotatable bonds is 4. The SMILES string of the molecule is CN(C)Cc1nnnn1-c1cccc(C(=O)O)c1.Cl. The summed E-state index contributed by atoms with van der Waals surface area (Å²) in [5.41, 5.74) is 0.843. The summed E-state index contributed by atoms with van der Waals surface area (Å²) >= 11 is 0. The number of carbonyl (C=O) groups is 1. The Labute approximate surface area is 116 Å². The minimum Gasteiger partial charge on any atom is -0.478 e. The topological polar surface area (TPSA) is 84.1 Å². The highest BCUT2D eigenvalue weighted by Gasteiger charge is 2.11. The van der Waals surface area contributed by atoms with Gasteiger partial charge >= 0.3 is 5.97 Å². The van der Waals surface area contributed by atoms with Crippen molar-refractivity contribution in [2.24, 2.45) is 0 Å². The molecule has 2 aromatic rings. The third-order valence-electron chi connectivity index (χ3n) is 2.33. The maximum atomic E-state index is 10.9. The van der Waals surface area contributed by atoms with Crippen molar-refractivity contribution < 1.29 is 9.90 Å². The molecule has 8 heteroatoms. The van der Waals surface area contributed by atoms with Gasteiger partial charge in [0, 0.05) is 0 Å². The first kappa shape index (κ1) is 15.1. The van der Waals surface area contributed by atoms with Gasteiger partial charge in [0.1, 0.15) is 0 Å². The summed E-state index contributed by atoms with van der Waals surface area (Å²) in [6, 6.07) is 6.50. The highest BCUT2D eigenvalue weighted by Crippen LogP contribution is 2.11. The molecule has 0 bridgehead atoms. The summed E-state index contributed by atoms with van der Waals surface area (Å²) in [7, 11) is 3.82. The number of nitrogens with zero attached hydrogens (tertiary/aromatic N) is 5. The van der Waals surface area contributed by atoms with Crippen LogP contribution in [-0.2, 0) is 6.54 Å². The molecule has 1 aromatic carbocycles. The van der Waals surface area contributed by atoms with Gasteiger partial charge in [-0.2, -0.15) is 4.68 Å². The van der Waals surface area contributed by atoms with Crippen LogP contribution in [0.4, 0.5) is 0 Å². The standard InChI is InChI=1S/C11H13N5O2.ClH/c1-15(2)7-10-12-13-14-16(10)9-5-3-4-8(6-9)11(17)18;/h3-6H,7H2,1-2H3,(H,17,18);1H. The molecule has 0 atom stereocenters. The Morgan fingerprint density at radius 1 is 1.42 bits per heavy atom. The van der Waals surface area contributed by atoms with Gasteiger partial charge in [-0.05, 0) is 42.7 Å². The zero-order valence-corrected chi connectivity index (χ0v) is 11.3. The lowest BCUT2D eigenvalue weighted by atomic mass is 10.2. The second-order valence-electron chi connectivity index (χ2n) is 4.10. The molecule has 1 N–H and O–H groups in total. The largest absolute Gasteiger partial charge is 0.478 e. The summed E-state index contributed by atoms with van der Waals surface area (Å²) in [6.45, 7) is 0.574. The van der Waals surface area contributed by atoms with Gasteiger partial charge in [0.25, 0.3) is 0 Å². The molecule has 7 nitrogen and oxygen atoms in total. The minimum atomic E-state index is -0.973. The van der Waals surface area contributed by atoms with E-state index in [9.17, 15) is 4.79 Å². The monoisotopic (exact) mass is 283 g/mol. The number of carboxylic acid groups (broad SMARTS) is 1. The Kier molecular flexibility index (Phi) is 4.96. The quantitative estimate of drug-likeness (QED) is 0.895. The molecule has 0 saturated carbocycles. The zero-order chi connectivity index (χ0) is 13.1. The van der Waals surface area contributed by atoms with Crippen LogP contribution in [-0.4, -0.2) is 50.3 Å². The predicted octanol–water partition coefficient (Wildman–Crippen LogP) is 0.844. The smallest absolute Gasteiger partial charge is 0.335 e. The summed E-state index contributed by atoms with van der Waals surface area (Å²) in [4.78, 5) is 12.9. The van der Waals surface area contributed by atoms with E-state index in [0.717, 1.165) is 0 Å². The lowest BCUT2D eigenvalue weighted by Gasteiger charge is -2.09. The van der Waals surface area contributed by atoms with Crippen molar-refractivity contribution in [3.05, 3.63) is 35.7 Å². The maximum Gasteiger partial charge on any atom is 0.335 e. The molecule has 0 fully saturated rings. The van der Waals surface area contributed by atoms with E-state index in [2.05, 4.69) is 15.5 Å². The summed E-state index contributed by atoms with van der Waals surface area (Å²) in [5.74, 6) is -0.318. The molecule has 1 aromatic heterocycles. The van der Waals surface area contributed by atoms with Crippen molar-refractivity contribution >= 4 is 18.4 Å². The summed E-state index contributed by atoms with van der Waals surface area (Å²) in [6.07, 6.45) is 0. The van der Waals surface area contributed by atoms with Crippen LogP contribution >= 0.6 is 12.4 Å². The van der Waals surface area contributed by atoms with E-state index in [4.69, 9.17) is 5.11 Å². The van der Waals surface area contributed by atoms with Crippen molar-refractivity contribution in [1.29, 1.82) is 0 Å². The number of aromatic nitrogens is 4. The van der Waals surface area contributed by atoms with Crippen LogP contribution in [0.25, 0.3) is 5.69 Å². The van der Waals surface area contributed by atoms with Gasteiger partial charge in [-0.1, -0.05) is 6.07 Å². The average Bonchev–Trinajstić information content (AvgIpc) is 2.76. The highest BCUT2D eigenvalue weighted by molar-refractivity contribution is 5.88. The van der Waals surface area contributed by atoms with E-state index in [1.54, 1.807) is 12.1 Å². The first-order valence-electron chi connectivity index (χ1n) is 5.33. The Bertz CT molecular complexity index is 570. The van der Waals surface area contributed by atoms with E-state index in [0.29, 0.717) is 18.1 Å². The number of benzene rings is 1. The molecule has 0 aliphatic carbocycles. The van der Waals surface area contributed by atoms with Gasteiger partial charge in [-0.3, -0.25) is 0 Å². The van der Waals surface area contributed by atoms with Crippen LogP contribution in [0.15, 0.2) is 24.3 Å². The first-order valence-corrected chi connectivity index (χ1v) is 5.33. The van der Waals surface area contributed by atoms with Gasteiger partial charge in [0.2, 0.25) is 0 Å². The molecule has 0 unspecified atom stereocenters. The fourth-order valence-corrected chi connectivity index (χ4v) is 1.56.